The van der Waals surface area contributed by atoms with Gasteiger partial charge in [0.25, 0.3) is 5.69 Å². The number of rotatable bonds is 5. The molecule has 8 heteroatoms. The number of nitrogens with zero attached hydrogens (tertiary/aromatic N) is 2. The van der Waals surface area contributed by atoms with Crippen molar-refractivity contribution in [2.45, 2.75) is 33.1 Å². The molecule has 1 aromatic carbocycles. The molecule has 0 radical (unpaired) electrons. The van der Waals surface area contributed by atoms with Crippen molar-refractivity contribution < 1.29 is 19.4 Å². The lowest BCUT2D eigenvalue weighted by Crippen LogP contribution is -2.09. The highest BCUT2D eigenvalue weighted by atomic mass is 16.6. The molecule has 0 N–H and O–H groups in total. The molecule has 0 heterocycles. The highest BCUT2D eigenvalue weighted by Gasteiger charge is 2.28. The van der Waals surface area contributed by atoms with E-state index in [0.29, 0.717) is 6.42 Å². The van der Waals surface area contributed by atoms with Crippen LogP contribution in [0, 0.1) is 20.2 Å². The third kappa shape index (κ3) is 3.28. The van der Waals surface area contributed by atoms with Crippen LogP contribution >= 0.6 is 0 Å². The first-order chi connectivity index (χ1) is 9.27. The molecule has 0 amide bonds. The summed E-state index contributed by atoms with van der Waals surface area (Å²) in [5.41, 5.74) is -0.698. The molecule has 0 aliphatic carbocycles. The van der Waals surface area contributed by atoms with Crippen LogP contribution in [-0.4, -0.2) is 15.8 Å². The van der Waals surface area contributed by atoms with E-state index >= 15 is 0 Å². The van der Waals surface area contributed by atoms with Crippen LogP contribution in [0.1, 0.15) is 38.7 Å². The Morgan fingerprint density at radius 1 is 1.30 bits per heavy atom. The van der Waals surface area contributed by atoms with Crippen molar-refractivity contribution in [3.8, 4) is 5.75 Å². The van der Waals surface area contributed by atoms with Crippen LogP contribution in [0.2, 0.25) is 0 Å². The molecule has 0 aromatic heterocycles. The fourth-order valence-electron chi connectivity index (χ4n) is 1.70. The molecule has 0 saturated heterocycles. The lowest BCUT2D eigenvalue weighted by Gasteiger charge is -2.14. The van der Waals surface area contributed by atoms with Gasteiger partial charge in [0.15, 0.2) is 0 Å². The SMILES string of the molecule is CC[C@@H](C)c1cc([N+](=O)[O-])cc([N+](=O)[O-])c1OC(C)=O. The van der Waals surface area contributed by atoms with Gasteiger partial charge in [0, 0.05) is 18.6 Å². The fraction of sp³-hybridized carbons (Fsp3) is 0.417. The van der Waals surface area contributed by atoms with Crippen LogP contribution in [0.5, 0.6) is 5.75 Å². The zero-order valence-corrected chi connectivity index (χ0v) is 11.3. The van der Waals surface area contributed by atoms with Gasteiger partial charge in [-0.15, -0.1) is 0 Å². The molecule has 0 aliphatic heterocycles. The van der Waals surface area contributed by atoms with E-state index in [2.05, 4.69) is 0 Å². The summed E-state index contributed by atoms with van der Waals surface area (Å²) in [6, 6.07) is 2.00. The van der Waals surface area contributed by atoms with E-state index in [0.717, 1.165) is 13.0 Å². The topological polar surface area (TPSA) is 113 Å². The molecule has 0 aliphatic rings. The van der Waals surface area contributed by atoms with Gasteiger partial charge in [0.1, 0.15) is 0 Å². The molecular formula is C12H14N2O6. The van der Waals surface area contributed by atoms with Gasteiger partial charge >= 0.3 is 11.7 Å². The number of hydrogen-bond acceptors (Lipinski definition) is 6. The molecule has 0 unspecified atom stereocenters. The Kier molecular flexibility index (Phi) is 4.73. The van der Waals surface area contributed by atoms with E-state index in [-0.39, 0.29) is 17.2 Å². The second kappa shape index (κ2) is 6.09. The lowest BCUT2D eigenvalue weighted by molar-refractivity contribution is -0.394. The molecule has 8 nitrogen and oxygen atoms in total. The first-order valence-corrected chi connectivity index (χ1v) is 5.93. The van der Waals surface area contributed by atoms with Crippen molar-refractivity contribution in [3.63, 3.8) is 0 Å². The lowest BCUT2D eigenvalue weighted by atomic mass is 9.96. The van der Waals surface area contributed by atoms with Gasteiger partial charge in [-0.3, -0.25) is 25.0 Å². The van der Waals surface area contributed by atoms with E-state index in [1.165, 1.54) is 6.07 Å². The summed E-state index contributed by atoms with van der Waals surface area (Å²) in [4.78, 5) is 31.5. The second-order valence-corrected chi connectivity index (χ2v) is 4.30. The van der Waals surface area contributed by atoms with Crippen LogP contribution in [0.15, 0.2) is 12.1 Å². The molecule has 0 bridgehead atoms. The van der Waals surface area contributed by atoms with Gasteiger partial charge < -0.3 is 4.74 Å². The standard InChI is InChI=1S/C12H14N2O6/c1-4-7(2)10-5-9(13(16)17)6-11(14(18)19)12(10)20-8(3)15/h5-7H,4H2,1-3H3/t7-/m1/s1. The van der Waals surface area contributed by atoms with E-state index in [1.54, 1.807) is 6.92 Å². The first-order valence-electron chi connectivity index (χ1n) is 5.93. The number of benzene rings is 1. The van der Waals surface area contributed by atoms with Crippen molar-refractivity contribution in [1.29, 1.82) is 0 Å². The molecule has 1 atom stereocenters. The Morgan fingerprint density at radius 3 is 2.30 bits per heavy atom. The summed E-state index contributed by atoms with van der Waals surface area (Å²) in [6.07, 6.45) is 0.590. The van der Waals surface area contributed by atoms with E-state index in [1.807, 2.05) is 6.92 Å². The largest absolute Gasteiger partial charge is 0.419 e. The second-order valence-electron chi connectivity index (χ2n) is 4.30. The maximum Gasteiger partial charge on any atom is 0.318 e. The first kappa shape index (κ1) is 15.5. The number of esters is 1. The molecule has 20 heavy (non-hydrogen) atoms. The smallest absolute Gasteiger partial charge is 0.318 e. The van der Waals surface area contributed by atoms with E-state index in [9.17, 15) is 25.0 Å². The van der Waals surface area contributed by atoms with Crippen LogP contribution in [0.3, 0.4) is 0 Å². The Morgan fingerprint density at radius 2 is 1.90 bits per heavy atom. The summed E-state index contributed by atoms with van der Waals surface area (Å²) in [7, 11) is 0. The predicted octanol–water partition coefficient (Wildman–Crippen LogP) is 2.94. The minimum absolute atomic E-state index is 0.219. The maximum absolute atomic E-state index is 11.1. The van der Waals surface area contributed by atoms with Gasteiger partial charge in [0.2, 0.25) is 5.75 Å². The Hall–Kier alpha value is -2.51. The summed E-state index contributed by atoms with van der Waals surface area (Å²) >= 11 is 0. The quantitative estimate of drug-likeness (QED) is 0.355. The molecule has 1 aromatic rings. The summed E-state index contributed by atoms with van der Waals surface area (Å²) in [5, 5.41) is 21.9. The Balaban J connectivity index is 3.61. The zero-order valence-electron chi connectivity index (χ0n) is 11.3. The van der Waals surface area contributed by atoms with Crippen LogP contribution in [0.25, 0.3) is 0 Å². The summed E-state index contributed by atoms with van der Waals surface area (Å²) in [5.74, 6) is -1.16. The number of carbonyl (C=O) groups excluding carboxylic acids is 1. The molecule has 108 valence electrons. The van der Waals surface area contributed by atoms with Crippen LogP contribution < -0.4 is 4.74 Å². The number of hydrogen-bond donors (Lipinski definition) is 0. The van der Waals surface area contributed by atoms with Crippen molar-refractivity contribution in [1.82, 2.24) is 0 Å². The normalized spacial score (nSPS) is 11.8. The Bertz CT molecular complexity index is 569. The minimum Gasteiger partial charge on any atom is -0.419 e. The van der Waals surface area contributed by atoms with Gasteiger partial charge in [-0.25, -0.2) is 0 Å². The number of carbonyl (C=O) groups is 1. The number of nitro groups is 2. The van der Waals surface area contributed by atoms with Crippen molar-refractivity contribution >= 4 is 17.3 Å². The third-order valence-electron chi connectivity index (χ3n) is 2.88. The number of nitro benzene ring substituents is 2. The predicted molar refractivity (Wildman–Crippen MR) is 69.8 cm³/mol. The van der Waals surface area contributed by atoms with Crippen molar-refractivity contribution in [2.24, 2.45) is 0 Å². The zero-order chi connectivity index (χ0) is 15.4. The molecular weight excluding hydrogens is 268 g/mol. The van der Waals surface area contributed by atoms with Crippen molar-refractivity contribution in [2.75, 3.05) is 0 Å². The van der Waals surface area contributed by atoms with E-state index in [4.69, 9.17) is 4.74 Å². The van der Waals surface area contributed by atoms with Gasteiger partial charge in [-0.05, 0) is 12.3 Å². The van der Waals surface area contributed by atoms with Crippen LogP contribution in [-0.2, 0) is 4.79 Å². The molecule has 0 fully saturated rings. The molecule has 0 spiro atoms. The Labute approximate surface area is 114 Å². The fourth-order valence-corrected chi connectivity index (χ4v) is 1.70. The highest BCUT2D eigenvalue weighted by molar-refractivity contribution is 5.73. The van der Waals surface area contributed by atoms with E-state index < -0.39 is 27.2 Å². The number of non-ortho nitro benzene ring substituents is 1. The monoisotopic (exact) mass is 282 g/mol. The minimum atomic E-state index is -0.794. The number of ether oxygens (including phenoxy) is 1. The van der Waals surface area contributed by atoms with Gasteiger partial charge in [-0.2, -0.15) is 0 Å². The third-order valence-corrected chi connectivity index (χ3v) is 2.88. The highest BCUT2D eigenvalue weighted by Crippen LogP contribution is 2.40. The maximum atomic E-state index is 11.1. The van der Waals surface area contributed by atoms with Gasteiger partial charge in [-0.1, -0.05) is 13.8 Å². The molecule has 1 rings (SSSR count). The van der Waals surface area contributed by atoms with Gasteiger partial charge in [0.05, 0.1) is 15.9 Å². The van der Waals surface area contributed by atoms with Crippen molar-refractivity contribution in [3.05, 3.63) is 37.9 Å². The summed E-state index contributed by atoms with van der Waals surface area (Å²) in [6.45, 7) is 4.69. The summed E-state index contributed by atoms with van der Waals surface area (Å²) < 4.78 is 4.89. The average molecular weight is 282 g/mol. The molecule has 0 saturated carbocycles. The average Bonchev–Trinajstić information content (AvgIpc) is 2.36. The van der Waals surface area contributed by atoms with Crippen LogP contribution in [0.4, 0.5) is 11.4 Å².